The number of carbonyl (C=O) groups excluding carboxylic acids is 1. The van der Waals surface area contributed by atoms with Crippen molar-refractivity contribution < 1.29 is 13.6 Å². The zero-order chi connectivity index (χ0) is 16.2. The molecular formula is C20H14F2O. The van der Waals surface area contributed by atoms with E-state index in [1.165, 1.54) is 24.3 Å². The van der Waals surface area contributed by atoms with E-state index in [-0.39, 0.29) is 17.6 Å². The molecule has 0 saturated carbocycles. The van der Waals surface area contributed by atoms with Crippen molar-refractivity contribution in [3.8, 4) is 0 Å². The van der Waals surface area contributed by atoms with E-state index >= 15 is 0 Å². The van der Waals surface area contributed by atoms with Gasteiger partial charge in [0.2, 0.25) is 0 Å². The van der Waals surface area contributed by atoms with Crippen LogP contribution in [0.25, 0.3) is 0 Å². The van der Waals surface area contributed by atoms with E-state index in [0.29, 0.717) is 5.56 Å². The zero-order valence-corrected chi connectivity index (χ0v) is 12.2. The summed E-state index contributed by atoms with van der Waals surface area (Å²) < 4.78 is 26.4. The standard InChI is InChI=1S/C20H14F2O/c21-18-9-5-16(6-10-18)20(17-7-11-19(22)12-8-17)15-3-1-14(13-23)2-4-15/h1-13,20H. The van der Waals surface area contributed by atoms with Gasteiger partial charge in [-0.2, -0.15) is 0 Å². The molecule has 0 aliphatic rings. The molecule has 3 heteroatoms. The Balaban J connectivity index is 2.10. The van der Waals surface area contributed by atoms with Crippen LogP contribution < -0.4 is 0 Å². The van der Waals surface area contributed by atoms with Crippen molar-refractivity contribution in [2.45, 2.75) is 5.92 Å². The van der Waals surface area contributed by atoms with Gasteiger partial charge in [0.1, 0.15) is 17.9 Å². The van der Waals surface area contributed by atoms with Gasteiger partial charge in [-0.15, -0.1) is 0 Å². The van der Waals surface area contributed by atoms with Gasteiger partial charge >= 0.3 is 0 Å². The van der Waals surface area contributed by atoms with Gasteiger partial charge in [0.25, 0.3) is 0 Å². The molecule has 0 unspecified atom stereocenters. The third-order valence-corrected chi connectivity index (χ3v) is 3.81. The van der Waals surface area contributed by atoms with Gasteiger partial charge in [0.15, 0.2) is 0 Å². The molecule has 23 heavy (non-hydrogen) atoms. The normalized spacial score (nSPS) is 10.7. The zero-order valence-electron chi connectivity index (χ0n) is 12.2. The van der Waals surface area contributed by atoms with Crippen molar-refractivity contribution >= 4 is 6.29 Å². The number of carbonyl (C=O) groups is 1. The highest BCUT2D eigenvalue weighted by Gasteiger charge is 2.17. The van der Waals surface area contributed by atoms with Gasteiger partial charge < -0.3 is 0 Å². The summed E-state index contributed by atoms with van der Waals surface area (Å²) in [6.07, 6.45) is 0.786. The summed E-state index contributed by atoms with van der Waals surface area (Å²) in [5.74, 6) is -0.761. The Labute approximate surface area is 133 Å². The molecule has 0 atom stereocenters. The molecule has 0 radical (unpaired) electrons. The summed E-state index contributed by atoms with van der Waals surface area (Å²) in [5.41, 5.74) is 3.34. The van der Waals surface area contributed by atoms with Crippen molar-refractivity contribution in [1.29, 1.82) is 0 Å². The lowest BCUT2D eigenvalue weighted by Gasteiger charge is -2.19. The second-order valence-electron chi connectivity index (χ2n) is 5.32. The van der Waals surface area contributed by atoms with Crippen LogP contribution in [0, 0.1) is 11.6 Å². The van der Waals surface area contributed by atoms with Crippen LogP contribution in [0.1, 0.15) is 33.0 Å². The lowest BCUT2D eigenvalue weighted by molar-refractivity contribution is 0.112. The SMILES string of the molecule is O=Cc1ccc(C(c2ccc(F)cc2)c2ccc(F)cc2)cc1. The minimum absolute atomic E-state index is 0.156. The highest BCUT2D eigenvalue weighted by molar-refractivity contribution is 5.74. The van der Waals surface area contributed by atoms with E-state index in [1.54, 1.807) is 36.4 Å². The third kappa shape index (κ3) is 3.34. The molecule has 1 nitrogen and oxygen atoms in total. The topological polar surface area (TPSA) is 17.1 Å². The Hall–Kier alpha value is -2.81. The lowest BCUT2D eigenvalue weighted by atomic mass is 9.85. The number of rotatable bonds is 4. The van der Waals surface area contributed by atoms with Crippen molar-refractivity contribution in [1.82, 2.24) is 0 Å². The molecule has 0 aromatic heterocycles. The highest BCUT2D eigenvalue weighted by Crippen LogP contribution is 2.32. The van der Waals surface area contributed by atoms with E-state index in [2.05, 4.69) is 0 Å². The number of benzene rings is 3. The van der Waals surface area contributed by atoms with Crippen LogP contribution in [0.2, 0.25) is 0 Å². The molecule has 0 fully saturated rings. The molecule has 0 bridgehead atoms. The predicted octanol–water partition coefficient (Wildman–Crippen LogP) is 4.96. The van der Waals surface area contributed by atoms with Gasteiger partial charge in [0.05, 0.1) is 0 Å². The molecule has 3 rings (SSSR count). The Kier molecular flexibility index (Phi) is 4.29. The molecule has 0 heterocycles. The minimum atomic E-state index is -0.303. The fourth-order valence-corrected chi connectivity index (χ4v) is 2.65. The summed E-state index contributed by atoms with van der Waals surface area (Å²) in [6, 6.07) is 19.7. The van der Waals surface area contributed by atoms with Crippen LogP contribution in [-0.2, 0) is 0 Å². The summed E-state index contributed by atoms with van der Waals surface area (Å²) in [6.45, 7) is 0. The molecular weight excluding hydrogens is 294 g/mol. The average Bonchev–Trinajstić information content (AvgIpc) is 2.59. The molecule has 0 amide bonds. The maximum absolute atomic E-state index is 13.2. The van der Waals surface area contributed by atoms with Crippen LogP contribution in [-0.4, -0.2) is 6.29 Å². The first-order chi connectivity index (χ1) is 11.2. The highest BCUT2D eigenvalue weighted by atomic mass is 19.1. The Bertz CT molecular complexity index is 745. The fraction of sp³-hybridized carbons (Fsp3) is 0.0500. The summed E-state index contributed by atoms with van der Waals surface area (Å²) in [4.78, 5) is 10.8. The van der Waals surface area contributed by atoms with Crippen LogP contribution in [0.3, 0.4) is 0 Å². The second kappa shape index (κ2) is 6.53. The van der Waals surface area contributed by atoms with Gasteiger partial charge in [-0.1, -0.05) is 48.5 Å². The summed E-state index contributed by atoms with van der Waals surface area (Å²) in [5, 5.41) is 0. The maximum Gasteiger partial charge on any atom is 0.150 e. The fourth-order valence-electron chi connectivity index (χ4n) is 2.65. The largest absolute Gasteiger partial charge is 0.298 e. The Morgan fingerprint density at radius 3 is 1.30 bits per heavy atom. The quantitative estimate of drug-likeness (QED) is 0.492. The van der Waals surface area contributed by atoms with Crippen LogP contribution in [0.5, 0.6) is 0 Å². The number of hydrogen-bond donors (Lipinski definition) is 0. The number of halogens is 2. The van der Waals surface area contributed by atoms with Crippen molar-refractivity contribution in [2.75, 3.05) is 0 Å². The molecule has 0 aliphatic carbocycles. The molecule has 114 valence electrons. The molecule has 0 aliphatic heterocycles. The number of hydrogen-bond acceptors (Lipinski definition) is 1. The van der Waals surface area contributed by atoms with Crippen LogP contribution >= 0.6 is 0 Å². The first-order valence-corrected chi connectivity index (χ1v) is 7.23. The third-order valence-electron chi connectivity index (χ3n) is 3.81. The van der Waals surface area contributed by atoms with Crippen molar-refractivity contribution in [3.63, 3.8) is 0 Å². The molecule has 0 spiro atoms. The monoisotopic (exact) mass is 308 g/mol. The van der Waals surface area contributed by atoms with E-state index in [4.69, 9.17) is 0 Å². The molecule has 0 saturated heterocycles. The van der Waals surface area contributed by atoms with E-state index in [9.17, 15) is 13.6 Å². The maximum atomic E-state index is 13.2. The second-order valence-corrected chi connectivity index (χ2v) is 5.32. The molecule has 3 aromatic rings. The van der Waals surface area contributed by atoms with Gasteiger partial charge in [0, 0.05) is 11.5 Å². The number of aldehydes is 1. The molecule has 3 aromatic carbocycles. The predicted molar refractivity (Wildman–Crippen MR) is 85.6 cm³/mol. The van der Waals surface area contributed by atoms with E-state index in [1.807, 2.05) is 12.1 Å². The van der Waals surface area contributed by atoms with Crippen molar-refractivity contribution in [2.24, 2.45) is 0 Å². The average molecular weight is 308 g/mol. The van der Waals surface area contributed by atoms with Crippen molar-refractivity contribution in [3.05, 3.63) is 107 Å². The summed E-state index contributed by atoms with van der Waals surface area (Å²) in [7, 11) is 0. The Morgan fingerprint density at radius 2 is 0.957 bits per heavy atom. The Morgan fingerprint density at radius 1 is 0.609 bits per heavy atom. The first kappa shape index (κ1) is 15.1. The van der Waals surface area contributed by atoms with E-state index < -0.39 is 0 Å². The van der Waals surface area contributed by atoms with Crippen LogP contribution in [0.4, 0.5) is 8.78 Å². The smallest absolute Gasteiger partial charge is 0.150 e. The van der Waals surface area contributed by atoms with Gasteiger partial charge in [-0.3, -0.25) is 4.79 Å². The lowest BCUT2D eigenvalue weighted by Crippen LogP contribution is -2.04. The minimum Gasteiger partial charge on any atom is -0.298 e. The van der Waals surface area contributed by atoms with E-state index in [0.717, 1.165) is 23.0 Å². The van der Waals surface area contributed by atoms with Gasteiger partial charge in [-0.25, -0.2) is 8.78 Å². The summed E-state index contributed by atoms with van der Waals surface area (Å²) >= 11 is 0. The van der Waals surface area contributed by atoms with Crippen LogP contribution in [0.15, 0.2) is 72.8 Å². The van der Waals surface area contributed by atoms with Gasteiger partial charge in [-0.05, 0) is 41.0 Å². The first-order valence-electron chi connectivity index (χ1n) is 7.23. The molecule has 0 N–H and O–H groups in total.